The van der Waals surface area contributed by atoms with Crippen LogP contribution < -0.4 is 10.6 Å². The summed E-state index contributed by atoms with van der Waals surface area (Å²) in [5.41, 5.74) is 1.55. The molecule has 0 heterocycles. The fourth-order valence-electron chi connectivity index (χ4n) is 2.43. The zero-order valence-corrected chi connectivity index (χ0v) is 18.0. The van der Waals surface area contributed by atoms with Crippen molar-refractivity contribution in [1.29, 1.82) is 0 Å². The van der Waals surface area contributed by atoms with Crippen molar-refractivity contribution in [2.75, 3.05) is 13.7 Å². The van der Waals surface area contributed by atoms with Crippen LogP contribution in [0.1, 0.15) is 11.1 Å². The van der Waals surface area contributed by atoms with E-state index in [1.165, 1.54) is 7.11 Å². The summed E-state index contributed by atoms with van der Waals surface area (Å²) in [7, 11) is 1.23. The van der Waals surface area contributed by atoms with E-state index in [1.54, 1.807) is 18.2 Å². The Morgan fingerprint density at radius 2 is 1.86 bits per heavy atom. The minimum absolute atomic E-state index is 0.0852. The summed E-state index contributed by atoms with van der Waals surface area (Å²) in [6, 6.07) is 13.3. The van der Waals surface area contributed by atoms with E-state index in [0.717, 1.165) is 15.6 Å². The van der Waals surface area contributed by atoms with E-state index in [9.17, 15) is 14.4 Å². The van der Waals surface area contributed by atoms with E-state index >= 15 is 0 Å². The van der Waals surface area contributed by atoms with Gasteiger partial charge in [0.05, 0.1) is 7.11 Å². The smallest absolute Gasteiger partial charge is 0.407 e. The van der Waals surface area contributed by atoms with E-state index in [4.69, 9.17) is 21.1 Å². The molecule has 7 nitrogen and oxygen atoms in total. The molecule has 2 amide bonds. The van der Waals surface area contributed by atoms with Crippen molar-refractivity contribution in [3.05, 3.63) is 69.2 Å². The molecule has 2 rings (SSSR count). The number of halogens is 2. The monoisotopic (exact) mass is 482 g/mol. The standard InChI is InChI=1S/C20H20BrClN2O5/c1-28-19(26)17(10-14-9-15(22)7-8-16(14)21)24-18(25)11-23-20(27)29-12-13-5-3-2-4-6-13/h2-9,17H,10-12H2,1H3,(H,23,27)(H,24,25)/t17-/m0/s1. The molecule has 0 bridgehead atoms. The van der Waals surface area contributed by atoms with Crippen molar-refractivity contribution in [1.82, 2.24) is 10.6 Å². The molecule has 2 aromatic rings. The van der Waals surface area contributed by atoms with E-state index in [0.29, 0.717) is 5.02 Å². The molecule has 9 heteroatoms. The topological polar surface area (TPSA) is 93.7 Å². The number of methoxy groups -OCH3 is 1. The van der Waals surface area contributed by atoms with Crippen LogP contribution in [0.25, 0.3) is 0 Å². The van der Waals surface area contributed by atoms with Gasteiger partial charge in [-0.1, -0.05) is 57.9 Å². The molecule has 0 fully saturated rings. The van der Waals surface area contributed by atoms with Crippen LogP contribution in [-0.2, 0) is 32.1 Å². The number of alkyl carbamates (subject to hydrolysis) is 1. The molecule has 2 aromatic carbocycles. The Morgan fingerprint density at radius 3 is 2.55 bits per heavy atom. The van der Waals surface area contributed by atoms with Crippen LogP contribution in [0, 0.1) is 0 Å². The zero-order chi connectivity index (χ0) is 21.2. The maximum Gasteiger partial charge on any atom is 0.407 e. The van der Waals surface area contributed by atoms with Crippen LogP contribution in [0.2, 0.25) is 5.02 Å². The average molecular weight is 484 g/mol. The van der Waals surface area contributed by atoms with Crippen LogP contribution >= 0.6 is 27.5 Å². The lowest BCUT2D eigenvalue weighted by molar-refractivity contribution is -0.144. The van der Waals surface area contributed by atoms with E-state index in [1.807, 2.05) is 30.3 Å². The highest BCUT2D eigenvalue weighted by Crippen LogP contribution is 2.22. The Kier molecular flexibility index (Phi) is 8.95. The Morgan fingerprint density at radius 1 is 1.14 bits per heavy atom. The molecule has 154 valence electrons. The average Bonchev–Trinajstić information content (AvgIpc) is 2.73. The number of nitrogens with one attached hydrogen (secondary N) is 2. The fourth-order valence-corrected chi connectivity index (χ4v) is 3.03. The molecule has 0 spiro atoms. The molecule has 0 aliphatic carbocycles. The number of amides is 2. The second-order valence-corrected chi connectivity index (χ2v) is 7.29. The van der Waals surface area contributed by atoms with Gasteiger partial charge in [-0.3, -0.25) is 4.79 Å². The molecule has 1 atom stereocenters. The summed E-state index contributed by atoms with van der Waals surface area (Å²) in [6.07, 6.45) is -0.575. The van der Waals surface area contributed by atoms with Gasteiger partial charge in [-0.2, -0.15) is 0 Å². The molecule has 2 N–H and O–H groups in total. The first-order valence-electron chi connectivity index (χ1n) is 8.64. The molecule has 0 aliphatic rings. The maximum atomic E-state index is 12.2. The largest absolute Gasteiger partial charge is 0.467 e. The van der Waals surface area contributed by atoms with Crippen molar-refractivity contribution in [2.24, 2.45) is 0 Å². The minimum atomic E-state index is -0.940. The van der Waals surface area contributed by atoms with E-state index < -0.39 is 24.0 Å². The van der Waals surface area contributed by atoms with Gasteiger partial charge in [0.1, 0.15) is 19.2 Å². The molecule has 0 saturated carbocycles. The van der Waals surface area contributed by atoms with E-state index in [2.05, 4.69) is 26.6 Å². The molecule has 29 heavy (non-hydrogen) atoms. The normalized spacial score (nSPS) is 11.3. The number of esters is 1. The number of rotatable bonds is 8. The van der Waals surface area contributed by atoms with Gasteiger partial charge in [0.15, 0.2) is 0 Å². The van der Waals surface area contributed by atoms with Gasteiger partial charge in [-0.15, -0.1) is 0 Å². The first-order chi connectivity index (χ1) is 13.9. The predicted molar refractivity (Wildman–Crippen MR) is 111 cm³/mol. The molecular formula is C20H20BrClN2O5. The van der Waals surface area contributed by atoms with Gasteiger partial charge in [-0.25, -0.2) is 9.59 Å². The lowest BCUT2D eigenvalue weighted by atomic mass is 10.1. The van der Waals surface area contributed by atoms with Crippen molar-refractivity contribution in [3.8, 4) is 0 Å². The van der Waals surface area contributed by atoms with Crippen LogP contribution in [-0.4, -0.2) is 37.7 Å². The molecular weight excluding hydrogens is 464 g/mol. The van der Waals surface area contributed by atoms with Crippen LogP contribution in [0.5, 0.6) is 0 Å². The highest BCUT2D eigenvalue weighted by molar-refractivity contribution is 9.10. The summed E-state index contributed by atoms with van der Waals surface area (Å²) >= 11 is 9.38. The number of benzene rings is 2. The SMILES string of the molecule is COC(=O)[C@H](Cc1cc(Cl)ccc1Br)NC(=O)CNC(=O)OCc1ccccc1. The third-order valence-corrected chi connectivity index (χ3v) is 4.87. The third kappa shape index (κ3) is 7.75. The Balaban J connectivity index is 1.86. The number of hydrogen-bond donors (Lipinski definition) is 2. The summed E-state index contributed by atoms with van der Waals surface area (Å²) in [4.78, 5) is 36.0. The van der Waals surface area contributed by atoms with E-state index in [-0.39, 0.29) is 19.6 Å². The van der Waals surface area contributed by atoms with Gasteiger partial charge in [0.2, 0.25) is 5.91 Å². The Labute approximate surface area is 181 Å². The number of ether oxygens (including phenoxy) is 2. The van der Waals surface area contributed by atoms with Crippen LogP contribution in [0.3, 0.4) is 0 Å². The molecule has 0 aliphatic heterocycles. The van der Waals surface area contributed by atoms with Gasteiger partial charge < -0.3 is 20.1 Å². The molecule has 0 saturated heterocycles. The molecule has 0 unspecified atom stereocenters. The first kappa shape index (κ1) is 22.7. The van der Waals surface area contributed by atoms with Gasteiger partial charge in [0.25, 0.3) is 0 Å². The quantitative estimate of drug-likeness (QED) is 0.562. The summed E-state index contributed by atoms with van der Waals surface area (Å²) < 4.78 is 10.5. The van der Waals surface area contributed by atoms with Gasteiger partial charge >= 0.3 is 12.1 Å². The van der Waals surface area contributed by atoms with Crippen LogP contribution in [0.4, 0.5) is 4.79 Å². The number of hydrogen-bond acceptors (Lipinski definition) is 5. The zero-order valence-electron chi connectivity index (χ0n) is 15.6. The van der Waals surface area contributed by atoms with Gasteiger partial charge in [0, 0.05) is 15.9 Å². The lowest BCUT2D eigenvalue weighted by Crippen LogP contribution is -2.47. The highest BCUT2D eigenvalue weighted by atomic mass is 79.9. The number of carbonyl (C=O) groups excluding carboxylic acids is 3. The van der Waals surface area contributed by atoms with Crippen molar-refractivity contribution < 1.29 is 23.9 Å². The minimum Gasteiger partial charge on any atom is -0.467 e. The second-order valence-electron chi connectivity index (χ2n) is 6.00. The summed E-state index contributed by atoms with van der Waals surface area (Å²) in [5.74, 6) is -1.17. The summed E-state index contributed by atoms with van der Waals surface area (Å²) in [6.45, 7) is -0.264. The Bertz CT molecular complexity index is 863. The van der Waals surface area contributed by atoms with Crippen molar-refractivity contribution in [3.63, 3.8) is 0 Å². The first-order valence-corrected chi connectivity index (χ1v) is 9.82. The number of carbonyl (C=O) groups is 3. The molecule has 0 radical (unpaired) electrons. The molecule has 0 aromatic heterocycles. The van der Waals surface area contributed by atoms with Gasteiger partial charge in [-0.05, 0) is 29.3 Å². The lowest BCUT2D eigenvalue weighted by Gasteiger charge is -2.17. The maximum absolute atomic E-state index is 12.2. The third-order valence-electron chi connectivity index (χ3n) is 3.86. The van der Waals surface area contributed by atoms with Crippen LogP contribution in [0.15, 0.2) is 53.0 Å². The van der Waals surface area contributed by atoms with Crippen molar-refractivity contribution in [2.45, 2.75) is 19.1 Å². The second kappa shape index (κ2) is 11.4. The highest BCUT2D eigenvalue weighted by Gasteiger charge is 2.23. The fraction of sp³-hybridized carbons (Fsp3) is 0.250. The predicted octanol–water partition coefficient (Wildman–Crippen LogP) is 3.23. The summed E-state index contributed by atoms with van der Waals surface area (Å²) in [5, 5.41) is 5.39. The Hall–Kier alpha value is -2.58. The van der Waals surface area contributed by atoms with Crippen molar-refractivity contribution >= 4 is 45.5 Å².